The minimum absolute atomic E-state index is 0.0878. The zero-order valence-electron chi connectivity index (χ0n) is 15.1. The van der Waals surface area contributed by atoms with Crippen molar-refractivity contribution >= 4 is 44.6 Å². The van der Waals surface area contributed by atoms with E-state index in [1.54, 1.807) is 11.3 Å². The largest absolute Gasteiger partial charge is 0.312 e. The standard InChI is InChI=1S/C23H17ClN2OS/c24-20-4-2-1-3-16(20)12-23(27)26-10-8-17-11-15(5-6-21(17)26)19-14-28-22-7-9-25-13-18(19)22/h1-7,9,11,13-14H,8,10,12H2. The van der Waals surface area contributed by atoms with Crippen molar-refractivity contribution < 1.29 is 4.79 Å². The van der Waals surface area contributed by atoms with E-state index >= 15 is 0 Å². The Balaban J connectivity index is 1.44. The first kappa shape index (κ1) is 17.4. The van der Waals surface area contributed by atoms with Gasteiger partial charge in [0.25, 0.3) is 0 Å². The number of halogens is 1. The summed E-state index contributed by atoms with van der Waals surface area (Å²) in [5.74, 6) is 0.0878. The van der Waals surface area contributed by atoms with E-state index in [0.29, 0.717) is 18.0 Å². The van der Waals surface area contributed by atoms with Gasteiger partial charge in [0.05, 0.1) is 6.42 Å². The molecular formula is C23H17ClN2OS. The third kappa shape index (κ3) is 2.99. The highest BCUT2D eigenvalue weighted by atomic mass is 35.5. The molecule has 1 aliphatic rings. The molecule has 2 aromatic heterocycles. The fourth-order valence-corrected chi connectivity index (χ4v) is 4.96. The van der Waals surface area contributed by atoms with E-state index in [1.165, 1.54) is 26.8 Å². The van der Waals surface area contributed by atoms with E-state index in [-0.39, 0.29) is 5.91 Å². The highest BCUT2D eigenvalue weighted by molar-refractivity contribution is 7.17. The topological polar surface area (TPSA) is 33.2 Å². The number of fused-ring (bicyclic) bond motifs is 2. The minimum Gasteiger partial charge on any atom is -0.312 e. The van der Waals surface area contributed by atoms with Crippen LogP contribution in [0.25, 0.3) is 21.2 Å². The van der Waals surface area contributed by atoms with Crippen LogP contribution in [-0.2, 0) is 17.6 Å². The molecule has 0 atom stereocenters. The lowest BCUT2D eigenvalue weighted by molar-refractivity contribution is -0.117. The van der Waals surface area contributed by atoms with Gasteiger partial charge in [-0.1, -0.05) is 35.9 Å². The van der Waals surface area contributed by atoms with Gasteiger partial charge in [0.2, 0.25) is 5.91 Å². The van der Waals surface area contributed by atoms with Gasteiger partial charge in [-0.25, -0.2) is 0 Å². The van der Waals surface area contributed by atoms with E-state index in [4.69, 9.17) is 11.6 Å². The number of thiophene rings is 1. The zero-order valence-corrected chi connectivity index (χ0v) is 16.6. The first-order valence-corrected chi connectivity index (χ1v) is 10.4. The van der Waals surface area contributed by atoms with Crippen molar-refractivity contribution in [2.75, 3.05) is 11.4 Å². The zero-order chi connectivity index (χ0) is 19.1. The molecule has 138 valence electrons. The van der Waals surface area contributed by atoms with Gasteiger partial charge in [-0.2, -0.15) is 0 Å². The number of carbonyl (C=O) groups is 1. The van der Waals surface area contributed by atoms with Crippen LogP contribution in [0.4, 0.5) is 5.69 Å². The molecule has 5 rings (SSSR count). The summed E-state index contributed by atoms with van der Waals surface area (Å²) in [4.78, 5) is 19.0. The molecule has 2 aromatic carbocycles. The van der Waals surface area contributed by atoms with Crippen LogP contribution < -0.4 is 4.90 Å². The summed E-state index contributed by atoms with van der Waals surface area (Å²) in [5, 5.41) is 4.00. The van der Waals surface area contributed by atoms with Crippen LogP contribution in [-0.4, -0.2) is 17.4 Å². The molecule has 3 heterocycles. The Morgan fingerprint density at radius 1 is 1.18 bits per heavy atom. The smallest absolute Gasteiger partial charge is 0.231 e. The molecule has 0 spiro atoms. The molecule has 0 fully saturated rings. The van der Waals surface area contributed by atoms with Crippen molar-refractivity contribution in [1.82, 2.24) is 4.98 Å². The quantitative estimate of drug-likeness (QED) is 0.435. The average molecular weight is 405 g/mol. The van der Waals surface area contributed by atoms with E-state index in [1.807, 2.05) is 47.6 Å². The van der Waals surface area contributed by atoms with Gasteiger partial charge >= 0.3 is 0 Å². The number of carbonyl (C=O) groups excluding carboxylic acids is 1. The van der Waals surface area contributed by atoms with Crippen LogP contribution >= 0.6 is 22.9 Å². The van der Waals surface area contributed by atoms with E-state index < -0.39 is 0 Å². The molecule has 0 saturated heterocycles. The van der Waals surface area contributed by atoms with Crippen molar-refractivity contribution in [3.8, 4) is 11.1 Å². The molecule has 4 aromatic rings. The summed E-state index contributed by atoms with van der Waals surface area (Å²) < 4.78 is 1.24. The van der Waals surface area contributed by atoms with Crippen molar-refractivity contribution in [2.45, 2.75) is 12.8 Å². The molecule has 1 amide bonds. The number of amides is 1. The molecule has 0 bridgehead atoms. The van der Waals surface area contributed by atoms with Gasteiger partial charge < -0.3 is 4.90 Å². The van der Waals surface area contributed by atoms with E-state index in [0.717, 1.165) is 17.7 Å². The summed E-state index contributed by atoms with van der Waals surface area (Å²) in [6.45, 7) is 0.716. The predicted octanol–water partition coefficient (Wildman–Crippen LogP) is 5.75. The summed E-state index contributed by atoms with van der Waals surface area (Å²) in [5.41, 5.74) is 5.48. The second-order valence-electron chi connectivity index (χ2n) is 6.93. The monoisotopic (exact) mass is 404 g/mol. The highest BCUT2D eigenvalue weighted by Crippen LogP contribution is 2.37. The Morgan fingerprint density at radius 2 is 2.07 bits per heavy atom. The lowest BCUT2D eigenvalue weighted by Gasteiger charge is -2.18. The van der Waals surface area contributed by atoms with Crippen molar-refractivity contribution in [2.24, 2.45) is 0 Å². The number of anilines is 1. The molecular weight excluding hydrogens is 388 g/mol. The molecule has 1 aliphatic heterocycles. The van der Waals surface area contributed by atoms with Crippen LogP contribution in [0.3, 0.4) is 0 Å². The van der Waals surface area contributed by atoms with Gasteiger partial charge in [-0.3, -0.25) is 9.78 Å². The molecule has 28 heavy (non-hydrogen) atoms. The number of benzene rings is 2. The third-order valence-corrected chi connectivity index (χ3v) is 6.59. The molecule has 3 nitrogen and oxygen atoms in total. The Kier molecular flexibility index (Phi) is 4.38. The molecule has 0 saturated carbocycles. The van der Waals surface area contributed by atoms with Gasteiger partial charge in [-0.15, -0.1) is 11.3 Å². The maximum Gasteiger partial charge on any atom is 0.231 e. The first-order chi connectivity index (χ1) is 13.7. The molecule has 0 radical (unpaired) electrons. The van der Waals surface area contributed by atoms with Crippen LogP contribution in [0.2, 0.25) is 5.02 Å². The molecule has 0 aliphatic carbocycles. The number of aromatic nitrogens is 1. The lowest BCUT2D eigenvalue weighted by Crippen LogP contribution is -2.30. The Morgan fingerprint density at radius 3 is 2.96 bits per heavy atom. The number of hydrogen-bond acceptors (Lipinski definition) is 3. The SMILES string of the molecule is O=C(Cc1ccccc1Cl)N1CCc2cc(-c3csc4ccncc34)ccc21. The fourth-order valence-electron chi connectivity index (χ4n) is 3.82. The highest BCUT2D eigenvalue weighted by Gasteiger charge is 2.25. The van der Waals surface area contributed by atoms with Crippen molar-refractivity contribution in [3.05, 3.63) is 82.5 Å². The maximum atomic E-state index is 12.9. The van der Waals surface area contributed by atoms with Crippen LogP contribution in [0, 0.1) is 0 Å². The van der Waals surface area contributed by atoms with E-state index in [9.17, 15) is 4.79 Å². The second-order valence-corrected chi connectivity index (χ2v) is 8.25. The summed E-state index contributed by atoms with van der Waals surface area (Å²) >= 11 is 7.96. The maximum absolute atomic E-state index is 12.9. The van der Waals surface area contributed by atoms with Crippen LogP contribution in [0.5, 0.6) is 0 Å². The van der Waals surface area contributed by atoms with Gasteiger partial charge in [0.15, 0.2) is 0 Å². The lowest BCUT2D eigenvalue weighted by atomic mass is 10.0. The second kappa shape index (κ2) is 7.04. The number of nitrogens with zero attached hydrogens (tertiary/aromatic N) is 2. The number of rotatable bonds is 3. The van der Waals surface area contributed by atoms with Crippen molar-refractivity contribution in [3.63, 3.8) is 0 Å². The Bertz CT molecular complexity index is 1200. The average Bonchev–Trinajstić information content (AvgIpc) is 3.33. The van der Waals surface area contributed by atoms with Crippen molar-refractivity contribution in [1.29, 1.82) is 0 Å². The number of pyridine rings is 1. The normalized spacial score (nSPS) is 13.1. The van der Waals surface area contributed by atoms with Gasteiger partial charge in [0, 0.05) is 45.3 Å². The van der Waals surface area contributed by atoms with Gasteiger partial charge in [0.1, 0.15) is 0 Å². The Labute approximate surface area is 172 Å². The first-order valence-electron chi connectivity index (χ1n) is 9.19. The molecule has 0 N–H and O–H groups in total. The predicted molar refractivity (Wildman–Crippen MR) is 116 cm³/mol. The van der Waals surface area contributed by atoms with Crippen LogP contribution in [0.15, 0.2) is 66.3 Å². The fraction of sp³-hybridized carbons (Fsp3) is 0.130. The Hall–Kier alpha value is -2.69. The third-order valence-electron chi connectivity index (χ3n) is 5.26. The van der Waals surface area contributed by atoms with Crippen LogP contribution in [0.1, 0.15) is 11.1 Å². The minimum atomic E-state index is 0.0878. The molecule has 0 unspecified atom stereocenters. The molecule has 5 heteroatoms. The summed E-state index contributed by atoms with van der Waals surface area (Å²) in [6, 6.07) is 16.0. The summed E-state index contributed by atoms with van der Waals surface area (Å²) in [7, 11) is 0. The summed E-state index contributed by atoms with van der Waals surface area (Å²) in [6.07, 6.45) is 4.95. The van der Waals surface area contributed by atoms with E-state index in [2.05, 4.69) is 28.6 Å². The van der Waals surface area contributed by atoms with Gasteiger partial charge in [-0.05, 0) is 52.8 Å². The number of hydrogen-bond donors (Lipinski definition) is 0.